The number of carboxylic acids is 1. The SMILES string of the molecule is Nc1c(C(=O)O)cccc1N1CCCC2C(=O)NCC21. The molecule has 2 unspecified atom stereocenters. The Morgan fingerprint density at radius 3 is 3.00 bits per heavy atom. The molecule has 20 heavy (non-hydrogen) atoms. The minimum Gasteiger partial charge on any atom is -0.478 e. The summed E-state index contributed by atoms with van der Waals surface area (Å²) < 4.78 is 0. The Hall–Kier alpha value is -2.24. The zero-order valence-electron chi connectivity index (χ0n) is 11.0. The van der Waals surface area contributed by atoms with Gasteiger partial charge in [0.25, 0.3) is 0 Å². The molecule has 2 aliphatic rings. The van der Waals surface area contributed by atoms with Crippen molar-refractivity contribution in [3.8, 4) is 0 Å². The number of amides is 1. The summed E-state index contributed by atoms with van der Waals surface area (Å²) in [5.74, 6) is -0.956. The maximum atomic E-state index is 11.8. The number of benzene rings is 1. The summed E-state index contributed by atoms with van der Waals surface area (Å²) in [6.45, 7) is 1.39. The number of fused-ring (bicyclic) bond motifs is 1. The summed E-state index contributed by atoms with van der Waals surface area (Å²) in [4.78, 5) is 25.0. The van der Waals surface area contributed by atoms with Gasteiger partial charge in [-0.2, -0.15) is 0 Å². The Bertz CT molecular complexity index is 573. The van der Waals surface area contributed by atoms with Crippen LogP contribution in [-0.4, -0.2) is 36.1 Å². The van der Waals surface area contributed by atoms with Crippen LogP contribution < -0.4 is 16.0 Å². The quantitative estimate of drug-likeness (QED) is 0.690. The number of carboxylic acid groups (broad SMARTS) is 1. The van der Waals surface area contributed by atoms with Crippen molar-refractivity contribution in [3.63, 3.8) is 0 Å². The first-order valence-corrected chi connectivity index (χ1v) is 6.75. The number of nitrogens with zero attached hydrogens (tertiary/aromatic N) is 1. The molecule has 0 bridgehead atoms. The number of piperidine rings is 1. The van der Waals surface area contributed by atoms with Gasteiger partial charge >= 0.3 is 5.97 Å². The number of anilines is 2. The Morgan fingerprint density at radius 2 is 2.25 bits per heavy atom. The highest BCUT2D eigenvalue weighted by molar-refractivity contribution is 5.97. The van der Waals surface area contributed by atoms with Crippen LogP contribution in [0.4, 0.5) is 11.4 Å². The van der Waals surface area contributed by atoms with Crippen LogP contribution in [-0.2, 0) is 4.79 Å². The van der Waals surface area contributed by atoms with E-state index in [0.717, 1.165) is 25.1 Å². The lowest BCUT2D eigenvalue weighted by Gasteiger charge is -2.38. The van der Waals surface area contributed by atoms with E-state index in [9.17, 15) is 9.59 Å². The van der Waals surface area contributed by atoms with Gasteiger partial charge < -0.3 is 21.1 Å². The van der Waals surface area contributed by atoms with Gasteiger partial charge in [0, 0.05) is 13.1 Å². The zero-order valence-corrected chi connectivity index (χ0v) is 11.0. The summed E-state index contributed by atoms with van der Waals surface area (Å²) in [5, 5.41) is 12.0. The second kappa shape index (κ2) is 4.70. The largest absolute Gasteiger partial charge is 0.478 e. The molecule has 106 valence electrons. The Balaban J connectivity index is 1.98. The summed E-state index contributed by atoms with van der Waals surface area (Å²) in [7, 11) is 0. The molecular formula is C14H17N3O3. The molecular weight excluding hydrogens is 258 g/mol. The maximum Gasteiger partial charge on any atom is 0.337 e. The molecule has 2 heterocycles. The molecule has 2 aliphatic heterocycles. The molecule has 1 aromatic rings. The molecule has 0 spiro atoms. The molecule has 6 heteroatoms. The molecule has 0 radical (unpaired) electrons. The molecule has 0 saturated carbocycles. The van der Waals surface area contributed by atoms with Gasteiger partial charge in [0.05, 0.1) is 28.9 Å². The fourth-order valence-corrected chi connectivity index (χ4v) is 3.24. The molecule has 0 aliphatic carbocycles. The van der Waals surface area contributed by atoms with Gasteiger partial charge in [-0.25, -0.2) is 4.79 Å². The second-order valence-electron chi connectivity index (χ2n) is 5.30. The first-order chi connectivity index (χ1) is 9.59. The minimum absolute atomic E-state index is 0.0170. The normalized spacial score (nSPS) is 25.2. The summed E-state index contributed by atoms with van der Waals surface area (Å²) in [5.41, 5.74) is 7.11. The zero-order chi connectivity index (χ0) is 14.3. The highest BCUT2D eigenvalue weighted by Crippen LogP contribution is 2.35. The molecule has 2 saturated heterocycles. The lowest BCUT2D eigenvalue weighted by Crippen LogP contribution is -2.46. The van der Waals surface area contributed by atoms with Gasteiger partial charge in [-0.15, -0.1) is 0 Å². The van der Waals surface area contributed by atoms with Crippen LogP contribution in [0.2, 0.25) is 0 Å². The molecule has 4 N–H and O–H groups in total. The number of rotatable bonds is 2. The third-order valence-corrected chi connectivity index (χ3v) is 4.22. The van der Waals surface area contributed by atoms with Gasteiger partial charge in [0.1, 0.15) is 0 Å². The van der Waals surface area contributed by atoms with Crippen LogP contribution in [0.1, 0.15) is 23.2 Å². The fourth-order valence-electron chi connectivity index (χ4n) is 3.24. The van der Waals surface area contributed by atoms with E-state index in [-0.39, 0.29) is 29.1 Å². The van der Waals surface area contributed by atoms with E-state index >= 15 is 0 Å². The monoisotopic (exact) mass is 275 g/mol. The van der Waals surface area contributed by atoms with E-state index in [0.29, 0.717) is 6.54 Å². The lowest BCUT2D eigenvalue weighted by atomic mass is 9.90. The van der Waals surface area contributed by atoms with Crippen molar-refractivity contribution in [1.29, 1.82) is 0 Å². The smallest absolute Gasteiger partial charge is 0.337 e. The van der Waals surface area contributed by atoms with Crippen molar-refractivity contribution >= 4 is 23.3 Å². The van der Waals surface area contributed by atoms with E-state index in [4.69, 9.17) is 10.8 Å². The van der Waals surface area contributed by atoms with Crippen molar-refractivity contribution in [1.82, 2.24) is 5.32 Å². The van der Waals surface area contributed by atoms with E-state index in [1.807, 2.05) is 6.07 Å². The van der Waals surface area contributed by atoms with Crippen LogP contribution in [0.5, 0.6) is 0 Å². The molecule has 6 nitrogen and oxygen atoms in total. The van der Waals surface area contributed by atoms with Gasteiger partial charge in [-0.1, -0.05) is 6.07 Å². The number of nitrogens with two attached hydrogens (primary N) is 1. The van der Waals surface area contributed by atoms with Crippen molar-refractivity contribution in [2.75, 3.05) is 23.7 Å². The third-order valence-electron chi connectivity index (χ3n) is 4.22. The van der Waals surface area contributed by atoms with E-state index in [1.54, 1.807) is 6.07 Å². The predicted octanol–water partition coefficient (Wildman–Crippen LogP) is 0.682. The molecule has 1 amide bonds. The van der Waals surface area contributed by atoms with Gasteiger partial charge in [-0.3, -0.25) is 4.79 Å². The number of hydrogen-bond acceptors (Lipinski definition) is 4. The topological polar surface area (TPSA) is 95.7 Å². The van der Waals surface area contributed by atoms with Crippen molar-refractivity contribution in [3.05, 3.63) is 23.8 Å². The summed E-state index contributed by atoms with van der Waals surface area (Å²) in [6.07, 6.45) is 1.79. The van der Waals surface area contributed by atoms with Gasteiger partial charge in [0.2, 0.25) is 5.91 Å². The van der Waals surface area contributed by atoms with Crippen LogP contribution >= 0.6 is 0 Å². The molecule has 2 atom stereocenters. The Morgan fingerprint density at radius 1 is 1.45 bits per heavy atom. The lowest BCUT2D eigenvalue weighted by molar-refractivity contribution is -0.123. The van der Waals surface area contributed by atoms with Gasteiger partial charge in [0.15, 0.2) is 0 Å². The van der Waals surface area contributed by atoms with Crippen molar-refractivity contribution in [2.24, 2.45) is 5.92 Å². The molecule has 1 aromatic carbocycles. The van der Waals surface area contributed by atoms with Crippen LogP contribution in [0.25, 0.3) is 0 Å². The van der Waals surface area contributed by atoms with Crippen LogP contribution in [0.15, 0.2) is 18.2 Å². The van der Waals surface area contributed by atoms with Crippen molar-refractivity contribution in [2.45, 2.75) is 18.9 Å². The highest BCUT2D eigenvalue weighted by Gasteiger charge is 2.41. The number of nitrogens with one attached hydrogen (secondary N) is 1. The Labute approximate surface area is 116 Å². The fraction of sp³-hybridized carbons (Fsp3) is 0.429. The first kappa shape index (κ1) is 12.8. The number of nitrogen functional groups attached to an aromatic ring is 1. The van der Waals surface area contributed by atoms with Crippen LogP contribution in [0, 0.1) is 5.92 Å². The summed E-state index contributed by atoms with van der Waals surface area (Å²) in [6, 6.07) is 5.10. The molecule has 2 fully saturated rings. The average molecular weight is 275 g/mol. The predicted molar refractivity (Wildman–Crippen MR) is 74.7 cm³/mol. The molecule has 3 rings (SSSR count). The highest BCUT2D eigenvalue weighted by atomic mass is 16.4. The minimum atomic E-state index is -1.03. The maximum absolute atomic E-state index is 11.8. The number of carbonyl (C=O) groups excluding carboxylic acids is 1. The number of para-hydroxylation sites is 1. The third kappa shape index (κ3) is 1.88. The number of aromatic carboxylic acids is 1. The van der Waals surface area contributed by atoms with E-state index < -0.39 is 5.97 Å². The van der Waals surface area contributed by atoms with E-state index in [2.05, 4.69) is 10.2 Å². The standard InChI is InChI=1S/C14H17N3O3/c15-12-9(14(19)20)3-1-5-10(12)17-6-2-4-8-11(17)7-16-13(8)18/h1,3,5,8,11H,2,4,6-7,15H2,(H,16,18)(H,19,20). The number of hydrogen-bond donors (Lipinski definition) is 3. The first-order valence-electron chi connectivity index (χ1n) is 6.75. The second-order valence-corrected chi connectivity index (χ2v) is 5.30. The van der Waals surface area contributed by atoms with E-state index in [1.165, 1.54) is 6.07 Å². The molecule has 0 aromatic heterocycles. The van der Waals surface area contributed by atoms with Gasteiger partial charge in [-0.05, 0) is 25.0 Å². The Kier molecular flexibility index (Phi) is 3.00. The average Bonchev–Trinajstić information content (AvgIpc) is 2.81. The van der Waals surface area contributed by atoms with Crippen LogP contribution in [0.3, 0.4) is 0 Å². The number of carbonyl (C=O) groups is 2. The van der Waals surface area contributed by atoms with Crippen molar-refractivity contribution < 1.29 is 14.7 Å². The summed E-state index contributed by atoms with van der Waals surface area (Å²) >= 11 is 0.